The molecule has 0 spiro atoms. The smallest absolute Gasteiger partial charge is 0.184 e. The van der Waals surface area contributed by atoms with Gasteiger partial charge in [-0.3, -0.25) is 9.59 Å². The normalized spacial score (nSPS) is 16.1. The first-order valence-electron chi connectivity index (χ1n) is 11.9. The molecule has 2 nitrogen and oxygen atoms in total. The average molecular weight is 447 g/mol. The maximum atomic E-state index is 12.4. The van der Waals surface area contributed by atoms with Crippen LogP contribution in [-0.4, -0.2) is 11.6 Å². The maximum absolute atomic E-state index is 12.4. The number of ketones is 2. The van der Waals surface area contributed by atoms with Crippen LogP contribution in [0.25, 0.3) is 32.7 Å². The summed E-state index contributed by atoms with van der Waals surface area (Å²) in [6.45, 7) is 11.5. The Labute approximate surface area is 201 Å². The summed E-state index contributed by atoms with van der Waals surface area (Å²) in [7, 11) is 0. The fourth-order valence-electron chi connectivity index (χ4n) is 4.94. The molecule has 0 saturated heterocycles. The largest absolute Gasteiger partial charge is 0.289 e. The van der Waals surface area contributed by atoms with Crippen LogP contribution in [0.1, 0.15) is 41.5 Å². The van der Waals surface area contributed by atoms with Gasteiger partial charge in [-0.15, -0.1) is 0 Å². The van der Waals surface area contributed by atoms with Crippen molar-refractivity contribution in [2.45, 2.75) is 41.5 Å². The predicted molar refractivity (Wildman–Crippen MR) is 144 cm³/mol. The second-order valence-corrected chi connectivity index (χ2v) is 8.72. The van der Waals surface area contributed by atoms with Crippen molar-refractivity contribution in [2.24, 2.45) is 0 Å². The molecule has 0 fully saturated rings. The van der Waals surface area contributed by atoms with Gasteiger partial charge >= 0.3 is 0 Å². The molecule has 2 heteroatoms. The van der Waals surface area contributed by atoms with Crippen LogP contribution in [-0.2, 0) is 9.59 Å². The van der Waals surface area contributed by atoms with E-state index >= 15 is 0 Å². The van der Waals surface area contributed by atoms with E-state index in [2.05, 4.69) is 48.5 Å². The zero-order valence-electron chi connectivity index (χ0n) is 20.7. The summed E-state index contributed by atoms with van der Waals surface area (Å²) < 4.78 is 0. The van der Waals surface area contributed by atoms with Crippen LogP contribution in [0.2, 0.25) is 0 Å². The Morgan fingerprint density at radius 1 is 0.441 bits per heavy atom. The van der Waals surface area contributed by atoms with Crippen molar-refractivity contribution in [1.82, 2.24) is 0 Å². The van der Waals surface area contributed by atoms with Crippen molar-refractivity contribution in [3.05, 3.63) is 106 Å². The Balaban J connectivity index is 0.00000133. The first-order chi connectivity index (χ1) is 16.4. The third kappa shape index (κ3) is 3.80. The number of carbonyl (C=O) groups is 2. The van der Waals surface area contributed by atoms with E-state index in [1.165, 1.54) is 0 Å². The van der Waals surface area contributed by atoms with E-state index in [-0.39, 0.29) is 11.6 Å². The Morgan fingerprint density at radius 2 is 0.676 bits per heavy atom. The Kier molecular flexibility index (Phi) is 6.34. The van der Waals surface area contributed by atoms with Crippen LogP contribution in [0.4, 0.5) is 0 Å². The molecule has 0 aromatic heterocycles. The SMILES string of the molecule is CC.CC1=CC(=c2c3ccccc3c(=C3C=C(C)C(=O)C(C)=C3)c3ccccc23)C=C(C)C1=O. The van der Waals surface area contributed by atoms with E-state index in [1.54, 1.807) is 0 Å². The summed E-state index contributed by atoms with van der Waals surface area (Å²) in [5, 5.41) is 6.83. The number of allylic oxidation sites excluding steroid dienone is 8. The average Bonchev–Trinajstić information content (AvgIpc) is 2.85. The Morgan fingerprint density at radius 3 is 0.912 bits per heavy atom. The van der Waals surface area contributed by atoms with Crippen molar-refractivity contribution in [1.29, 1.82) is 0 Å². The second-order valence-electron chi connectivity index (χ2n) is 8.72. The number of carbonyl (C=O) groups excluding carboxylic acids is 2. The van der Waals surface area contributed by atoms with E-state index in [4.69, 9.17) is 0 Å². The molecule has 0 aliphatic heterocycles. The summed E-state index contributed by atoms with van der Waals surface area (Å²) in [6, 6.07) is 16.8. The van der Waals surface area contributed by atoms with Crippen LogP contribution in [0.3, 0.4) is 0 Å². The lowest BCUT2D eigenvalue weighted by Gasteiger charge is -2.16. The van der Waals surface area contributed by atoms with Gasteiger partial charge in [0, 0.05) is 0 Å². The second kappa shape index (κ2) is 9.23. The van der Waals surface area contributed by atoms with E-state index in [0.29, 0.717) is 0 Å². The van der Waals surface area contributed by atoms with Gasteiger partial charge in [0.25, 0.3) is 0 Å². The van der Waals surface area contributed by atoms with E-state index in [1.807, 2.05) is 65.8 Å². The van der Waals surface area contributed by atoms with Crippen molar-refractivity contribution in [3.63, 3.8) is 0 Å². The van der Waals surface area contributed by atoms with Crippen LogP contribution in [0.15, 0.2) is 95.1 Å². The van der Waals surface area contributed by atoms with E-state index in [0.717, 1.165) is 65.4 Å². The zero-order chi connectivity index (χ0) is 24.6. The third-order valence-electron chi connectivity index (χ3n) is 6.43. The van der Waals surface area contributed by atoms with Crippen LogP contribution in [0.5, 0.6) is 0 Å². The minimum absolute atomic E-state index is 0.0997. The van der Waals surface area contributed by atoms with Crippen LogP contribution >= 0.6 is 0 Å². The lowest BCUT2D eigenvalue weighted by Crippen LogP contribution is -2.20. The Hall–Kier alpha value is -3.78. The molecule has 0 saturated carbocycles. The molecule has 170 valence electrons. The molecule has 0 amide bonds. The number of Topliss-reactive ketones (excluding diaryl/α,β-unsaturated/α-hetero) is 2. The summed E-state index contributed by atoms with van der Waals surface area (Å²) in [5.41, 5.74) is 5.15. The third-order valence-corrected chi connectivity index (χ3v) is 6.43. The highest BCUT2D eigenvalue weighted by atomic mass is 16.1. The summed E-state index contributed by atoms with van der Waals surface area (Å²) in [6.07, 6.45) is 8.01. The quantitative estimate of drug-likeness (QED) is 0.381. The summed E-state index contributed by atoms with van der Waals surface area (Å²) >= 11 is 0. The minimum atomic E-state index is 0.0997. The van der Waals surface area contributed by atoms with Crippen molar-refractivity contribution in [3.8, 4) is 0 Å². The van der Waals surface area contributed by atoms with Crippen LogP contribution < -0.4 is 10.4 Å². The number of benzene rings is 3. The van der Waals surface area contributed by atoms with E-state index in [9.17, 15) is 9.59 Å². The topological polar surface area (TPSA) is 34.1 Å². The fraction of sp³-hybridized carbons (Fsp3) is 0.188. The first-order valence-corrected chi connectivity index (χ1v) is 11.9. The molecule has 0 N–H and O–H groups in total. The van der Waals surface area contributed by atoms with Gasteiger partial charge in [-0.05, 0) is 117 Å². The van der Waals surface area contributed by atoms with Gasteiger partial charge in [0.15, 0.2) is 11.6 Å². The molecule has 0 heterocycles. The predicted octanol–water partition coefficient (Wildman–Crippen LogP) is 6.27. The maximum Gasteiger partial charge on any atom is 0.184 e. The van der Waals surface area contributed by atoms with Gasteiger partial charge in [-0.2, -0.15) is 0 Å². The molecule has 3 aromatic carbocycles. The monoisotopic (exact) mass is 446 g/mol. The molecule has 2 aliphatic rings. The molecular formula is C32H30O2. The molecule has 5 rings (SSSR count). The van der Waals surface area contributed by atoms with Crippen molar-refractivity contribution in [2.75, 3.05) is 0 Å². The molecule has 0 unspecified atom stereocenters. The first kappa shape index (κ1) is 23.4. The van der Waals surface area contributed by atoms with Crippen LogP contribution in [0, 0.1) is 0 Å². The van der Waals surface area contributed by atoms with Crippen molar-refractivity contribution < 1.29 is 9.59 Å². The molecular weight excluding hydrogens is 416 g/mol. The minimum Gasteiger partial charge on any atom is -0.289 e. The number of fused-ring (bicyclic) bond motifs is 2. The lowest BCUT2D eigenvalue weighted by atomic mass is 9.87. The molecule has 2 aliphatic carbocycles. The highest BCUT2D eigenvalue weighted by molar-refractivity contribution is 6.15. The highest BCUT2D eigenvalue weighted by Gasteiger charge is 2.18. The van der Waals surface area contributed by atoms with Gasteiger partial charge in [0.1, 0.15) is 0 Å². The molecule has 0 bridgehead atoms. The summed E-state index contributed by atoms with van der Waals surface area (Å²) in [4.78, 5) is 24.8. The summed E-state index contributed by atoms with van der Waals surface area (Å²) in [5.74, 6) is 0.199. The fourth-order valence-corrected chi connectivity index (χ4v) is 4.94. The van der Waals surface area contributed by atoms with Gasteiger partial charge in [-0.1, -0.05) is 62.4 Å². The number of rotatable bonds is 0. The van der Waals surface area contributed by atoms with Gasteiger partial charge in [0.05, 0.1) is 0 Å². The van der Waals surface area contributed by atoms with Gasteiger partial charge < -0.3 is 0 Å². The molecule has 34 heavy (non-hydrogen) atoms. The van der Waals surface area contributed by atoms with Crippen molar-refractivity contribution >= 4 is 44.3 Å². The zero-order valence-corrected chi connectivity index (χ0v) is 20.7. The molecule has 3 aromatic rings. The molecule has 0 radical (unpaired) electrons. The van der Waals surface area contributed by atoms with E-state index < -0.39 is 0 Å². The number of hydrogen-bond acceptors (Lipinski definition) is 2. The standard InChI is InChI=1S/C30H24O2.C2H6/c1-17-13-21(14-18(2)29(17)31)27-23-9-5-7-11-25(23)28(26-12-8-6-10-24(26)27)22-15-19(3)30(32)20(4)16-22;1-2/h5-16H,1-4H3;1-2H3. The molecule has 0 atom stereocenters. The lowest BCUT2D eigenvalue weighted by molar-refractivity contribution is -0.113. The Bertz CT molecular complexity index is 1390. The number of hydrogen-bond donors (Lipinski definition) is 0. The highest BCUT2D eigenvalue weighted by Crippen LogP contribution is 2.24. The van der Waals surface area contributed by atoms with Gasteiger partial charge in [0.2, 0.25) is 0 Å². The van der Waals surface area contributed by atoms with Gasteiger partial charge in [-0.25, -0.2) is 0 Å².